The number of hydrogen-bond donors (Lipinski definition) is 0. The highest BCUT2D eigenvalue weighted by Gasteiger charge is 2.16. The molecule has 0 radical (unpaired) electrons. The van der Waals surface area contributed by atoms with Crippen molar-refractivity contribution in [2.75, 3.05) is 6.61 Å². The molecule has 0 saturated heterocycles. The minimum atomic E-state index is -0.698. The second-order valence-corrected chi connectivity index (χ2v) is 5.86. The summed E-state index contributed by atoms with van der Waals surface area (Å²) in [5.74, 6) is -2.38. The summed E-state index contributed by atoms with van der Waals surface area (Å²) < 4.78 is 32.3. The van der Waals surface area contributed by atoms with Crippen LogP contribution in [0.5, 0.6) is 0 Å². The Balaban J connectivity index is 1.71. The van der Waals surface area contributed by atoms with Gasteiger partial charge in [0.2, 0.25) is 5.78 Å². The van der Waals surface area contributed by atoms with E-state index < -0.39 is 30.0 Å². The zero-order valence-electron chi connectivity index (χ0n) is 11.7. The molecule has 1 heterocycles. The lowest BCUT2D eigenvalue weighted by molar-refractivity contribution is 0.0478. The Morgan fingerprint density at radius 3 is 2.61 bits per heavy atom. The number of ether oxygens (including phenoxy) is 1. The lowest BCUT2D eigenvalue weighted by Crippen LogP contribution is -2.14. The molecule has 0 amide bonds. The summed E-state index contributed by atoms with van der Waals surface area (Å²) in [6, 6.07) is 11.2. The molecule has 0 N–H and O–H groups in total. The largest absolute Gasteiger partial charge is 0.453 e. The third kappa shape index (κ3) is 3.27. The van der Waals surface area contributed by atoms with Crippen molar-refractivity contribution in [3.63, 3.8) is 0 Å². The number of thiophene rings is 1. The first-order chi connectivity index (χ1) is 11.0. The van der Waals surface area contributed by atoms with E-state index in [1.807, 2.05) is 0 Å². The number of carbonyl (C=O) groups is 2. The summed E-state index contributed by atoms with van der Waals surface area (Å²) in [6.07, 6.45) is 0. The molecule has 1 aromatic heterocycles. The van der Waals surface area contributed by atoms with E-state index in [1.54, 1.807) is 6.07 Å². The van der Waals surface area contributed by atoms with Gasteiger partial charge in [-0.25, -0.2) is 13.6 Å². The van der Waals surface area contributed by atoms with Crippen molar-refractivity contribution in [1.82, 2.24) is 0 Å². The molecular formula is C17H10F2O3S. The number of Topliss-reactive ketones (excluding diaryl/α,β-unsaturated/α-hetero) is 1. The number of carbonyl (C=O) groups excluding carboxylic acids is 2. The van der Waals surface area contributed by atoms with Crippen LogP contribution in [0.2, 0.25) is 0 Å². The molecule has 0 unspecified atom stereocenters. The molecule has 0 spiro atoms. The first-order valence-electron chi connectivity index (χ1n) is 6.68. The quantitative estimate of drug-likeness (QED) is 0.531. The monoisotopic (exact) mass is 332 g/mol. The van der Waals surface area contributed by atoms with Gasteiger partial charge < -0.3 is 4.74 Å². The van der Waals surface area contributed by atoms with Crippen LogP contribution >= 0.6 is 11.3 Å². The van der Waals surface area contributed by atoms with Crippen molar-refractivity contribution >= 4 is 33.2 Å². The number of hydrogen-bond acceptors (Lipinski definition) is 4. The molecule has 0 atom stereocenters. The van der Waals surface area contributed by atoms with Crippen LogP contribution < -0.4 is 0 Å². The first kappa shape index (κ1) is 15.3. The Hall–Kier alpha value is -2.60. The van der Waals surface area contributed by atoms with Crippen molar-refractivity contribution in [3.05, 3.63) is 70.6 Å². The lowest BCUT2D eigenvalue weighted by Gasteiger charge is -2.03. The van der Waals surface area contributed by atoms with Crippen molar-refractivity contribution in [2.45, 2.75) is 0 Å². The van der Waals surface area contributed by atoms with Gasteiger partial charge in [-0.05, 0) is 41.8 Å². The van der Waals surface area contributed by atoms with E-state index in [0.717, 1.165) is 22.1 Å². The predicted molar refractivity (Wildman–Crippen MR) is 82.8 cm³/mol. The third-order valence-corrected chi connectivity index (χ3v) is 4.28. The standard InChI is InChI=1S/C17H10F2O3S/c18-11-5-6-15-10(7-11)8-16(23-15)17(21)22-9-14(20)12-3-1-2-4-13(12)19/h1-8H,9H2. The maximum atomic E-state index is 13.5. The van der Waals surface area contributed by atoms with Crippen LogP contribution in [0.3, 0.4) is 0 Å². The zero-order valence-corrected chi connectivity index (χ0v) is 12.5. The van der Waals surface area contributed by atoms with E-state index in [1.165, 1.54) is 36.4 Å². The second-order valence-electron chi connectivity index (χ2n) is 4.77. The highest BCUT2D eigenvalue weighted by Crippen LogP contribution is 2.26. The van der Waals surface area contributed by atoms with E-state index in [0.29, 0.717) is 5.39 Å². The summed E-state index contributed by atoms with van der Waals surface area (Å²) in [7, 11) is 0. The van der Waals surface area contributed by atoms with E-state index in [4.69, 9.17) is 4.74 Å². The summed E-state index contributed by atoms with van der Waals surface area (Å²) >= 11 is 1.14. The molecule has 0 fully saturated rings. The minimum absolute atomic E-state index is 0.126. The van der Waals surface area contributed by atoms with Gasteiger partial charge in [0.25, 0.3) is 0 Å². The van der Waals surface area contributed by atoms with Crippen LogP contribution in [-0.4, -0.2) is 18.4 Å². The van der Waals surface area contributed by atoms with E-state index in [9.17, 15) is 18.4 Å². The average Bonchev–Trinajstić information content (AvgIpc) is 2.95. The highest BCUT2D eigenvalue weighted by molar-refractivity contribution is 7.20. The topological polar surface area (TPSA) is 43.4 Å². The normalized spacial score (nSPS) is 10.7. The maximum absolute atomic E-state index is 13.5. The molecule has 2 aromatic carbocycles. The SMILES string of the molecule is O=C(OCC(=O)c1ccccc1F)c1cc2cc(F)ccc2s1. The summed E-state index contributed by atoms with van der Waals surface area (Å²) in [4.78, 5) is 24.1. The summed E-state index contributed by atoms with van der Waals surface area (Å²) in [5.41, 5.74) is -0.126. The van der Waals surface area contributed by atoms with E-state index in [-0.39, 0.29) is 10.4 Å². The number of benzene rings is 2. The van der Waals surface area contributed by atoms with Gasteiger partial charge in [-0.15, -0.1) is 11.3 Å². The smallest absolute Gasteiger partial charge is 0.348 e. The van der Waals surface area contributed by atoms with Gasteiger partial charge in [0.15, 0.2) is 6.61 Å². The van der Waals surface area contributed by atoms with Crippen LogP contribution in [0.15, 0.2) is 48.5 Å². The fourth-order valence-electron chi connectivity index (χ4n) is 2.08. The zero-order chi connectivity index (χ0) is 16.4. The number of fused-ring (bicyclic) bond motifs is 1. The highest BCUT2D eigenvalue weighted by atomic mass is 32.1. The van der Waals surface area contributed by atoms with E-state index >= 15 is 0 Å². The van der Waals surface area contributed by atoms with Gasteiger partial charge in [-0.1, -0.05) is 12.1 Å². The van der Waals surface area contributed by atoms with Crippen molar-refractivity contribution < 1.29 is 23.1 Å². The Morgan fingerprint density at radius 2 is 1.83 bits per heavy atom. The van der Waals surface area contributed by atoms with Crippen LogP contribution in [-0.2, 0) is 4.74 Å². The predicted octanol–water partition coefficient (Wildman–Crippen LogP) is 4.22. The van der Waals surface area contributed by atoms with Crippen LogP contribution in [0.25, 0.3) is 10.1 Å². The minimum Gasteiger partial charge on any atom is -0.453 e. The molecule has 0 aliphatic rings. The fraction of sp³-hybridized carbons (Fsp3) is 0.0588. The van der Waals surface area contributed by atoms with Crippen molar-refractivity contribution in [1.29, 1.82) is 0 Å². The van der Waals surface area contributed by atoms with E-state index in [2.05, 4.69) is 0 Å². The molecule has 3 nitrogen and oxygen atoms in total. The molecule has 6 heteroatoms. The summed E-state index contributed by atoms with van der Waals surface area (Å²) in [5, 5.41) is 0.586. The molecular weight excluding hydrogens is 322 g/mol. The molecule has 3 aromatic rings. The third-order valence-electron chi connectivity index (χ3n) is 3.19. The van der Waals surface area contributed by atoms with Gasteiger partial charge in [0.1, 0.15) is 16.5 Å². The number of rotatable bonds is 4. The Kier molecular flexibility index (Phi) is 4.16. The van der Waals surface area contributed by atoms with Gasteiger partial charge >= 0.3 is 5.97 Å². The Morgan fingerprint density at radius 1 is 1.04 bits per heavy atom. The lowest BCUT2D eigenvalue weighted by atomic mass is 10.1. The maximum Gasteiger partial charge on any atom is 0.348 e. The Labute approximate surface area is 134 Å². The van der Waals surface area contributed by atoms with Gasteiger partial charge in [-0.2, -0.15) is 0 Å². The fourth-order valence-corrected chi connectivity index (χ4v) is 3.02. The van der Waals surface area contributed by atoms with Crippen LogP contribution in [0.1, 0.15) is 20.0 Å². The van der Waals surface area contributed by atoms with Crippen LogP contribution in [0.4, 0.5) is 8.78 Å². The second kappa shape index (κ2) is 6.26. The molecule has 0 saturated carbocycles. The number of ketones is 1. The van der Waals surface area contributed by atoms with Gasteiger partial charge in [0, 0.05) is 4.70 Å². The number of esters is 1. The first-order valence-corrected chi connectivity index (χ1v) is 7.50. The van der Waals surface area contributed by atoms with Gasteiger partial charge in [-0.3, -0.25) is 4.79 Å². The van der Waals surface area contributed by atoms with Crippen molar-refractivity contribution in [2.24, 2.45) is 0 Å². The van der Waals surface area contributed by atoms with Crippen molar-refractivity contribution in [3.8, 4) is 0 Å². The average molecular weight is 332 g/mol. The number of halogens is 2. The molecule has 0 bridgehead atoms. The molecule has 3 rings (SSSR count). The van der Waals surface area contributed by atoms with Crippen LogP contribution in [0, 0.1) is 11.6 Å². The molecule has 23 heavy (non-hydrogen) atoms. The molecule has 0 aliphatic carbocycles. The molecule has 0 aliphatic heterocycles. The van der Waals surface area contributed by atoms with Gasteiger partial charge in [0.05, 0.1) is 5.56 Å². The molecule has 116 valence electrons. The summed E-state index contributed by atoms with van der Waals surface area (Å²) in [6.45, 7) is -0.553. The Bertz CT molecular complexity index is 902.